The fourth-order valence-electron chi connectivity index (χ4n) is 2.43. The van der Waals surface area contributed by atoms with Gasteiger partial charge >= 0.3 is 0 Å². The number of para-hydroxylation sites is 2. The van der Waals surface area contributed by atoms with Crippen molar-refractivity contribution < 1.29 is 14.3 Å². The number of fused-ring (bicyclic) bond motifs is 1. The Morgan fingerprint density at radius 2 is 2.30 bits per heavy atom. The predicted molar refractivity (Wildman–Crippen MR) is 83.0 cm³/mol. The van der Waals surface area contributed by atoms with Crippen LogP contribution in [0.25, 0.3) is 0 Å². The van der Waals surface area contributed by atoms with Gasteiger partial charge in [0.05, 0.1) is 24.8 Å². The standard InChI is InChI=1S/C15H17N5O3/c1-2-23-12-6-4-3-5-11(12)18-13(21)7-10-8-20-15(16-9-17-20)19-14(10)22/h3-6,9-10H,2,7-8H2,1H3,(H,18,21)(H,16,17,19,22)/t10-/m1/s1. The van der Waals surface area contributed by atoms with Crippen LogP contribution < -0.4 is 15.4 Å². The molecule has 0 fully saturated rings. The first-order chi connectivity index (χ1) is 11.2. The van der Waals surface area contributed by atoms with Gasteiger partial charge in [-0.3, -0.25) is 14.9 Å². The summed E-state index contributed by atoms with van der Waals surface area (Å²) in [6.07, 6.45) is 1.43. The maximum Gasteiger partial charge on any atom is 0.232 e. The van der Waals surface area contributed by atoms with Gasteiger partial charge in [0, 0.05) is 6.42 Å². The van der Waals surface area contributed by atoms with Crippen LogP contribution in [0.2, 0.25) is 0 Å². The molecule has 8 nitrogen and oxygen atoms in total. The molecule has 0 radical (unpaired) electrons. The SMILES string of the molecule is CCOc1ccccc1NC(=O)C[C@@H]1Cn2ncnc2NC1=O. The van der Waals surface area contributed by atoms with Gasteiger partial charge in [-0.25, -0.2) is 4.68 Å². The Hall–Kier alpha value is -2.90. The van der Waals surface area contributed by atoms with E-state index in [1.807, 2.05) is 19.1 Å². The number of ether oxygens (including phenoxy) is 1. The Bertz CT molecular complexity index is 727. The van der Waals surface area contributed by atoms with Crippen molar-refractivity contribution in [2.75, 3.05) is 17.2 Å². The molecule has 1 aromatic carbocycles. The second-order valence-electron chi connectivity index (χ2n) is 5.13. The Morgan fingerprint density at radius 3 is 3.13 bits per heavy atom. The zero-order valence-electron chi connectivity index (χ0n) is 12.7. The zero-order valence-corrected chi connectivity index (χ0v) is 12.7. The van der Waals surface area contributed by atoms with Gasteiger partial charge in [-0.15, -0.1) is 0 Å². The average Bonchev–Trinajstić information content (AvgIpc) is 2.97. The monoisotopic (exact) mass is 315 g/mol. The normalized spacial score (nSPS) is 16.4. The Labute approximate surface area is 132 Å². The quantitative estimate of drug-likeness (QED) is 0.866. The maximum atomic E-state index is 12.2. The molecule has 0 spiro atoms. The molecule has 3 rings (SSSR count). The Morgan fingerprint density at radius 1 is 1.48 bits per heavy atom. The van der Waals surface area contributed by atoms with Gasteiger partial charge < -0.3 is 10.1 Å². The molecule has 23 heavy (non-hydrogen) atoms. The molecule has 0 aliphatic carbocycles. The first-order valence-corrected chi connectivity index (χ1v) is 7.37. The van der Waals surface area contributed by atoms with E-state index in [0.717, 1.165) is 0 Å². The zero-order chi connectivity index (χ0) is 16.2. The molecule has 2 aromatic rings. The molecule has 0 saturated carbocycles. The van der Waals surface area contributed by atoms with E-state index < -0.39 is 5.92 Å². The smallest absolute Gasteiger partial charge is 0.232 e. The number of hydrogen-bond donors (Lipinski definition) is 2. The van der Waals surface area contributed by atoms with Crippen LogP contribution in [0.5, 0.6) is 5.75 Å². The van der Waals surface area contributed by atoms with Crippen LogP contribution in [0.3, 0.4) is 0 Å². The highest BCUT2D eigenvalue weighted by molar-refractivity contribution is 5.98. The summed E-state index contributed by atoms with van der Waals surface area (Å²) < 4.78 is 7.05. The molecule has 0 bridgehead atoms. The third kappa shape index (κ3) is 3.31. The summed E-state index contributed by atoms with van der Waals surface area (Å²) in [6.45, 7) is 2.72. The topological polar surface area (TPSA) is 98.1 Å². The molecular weight excluding hydrogens is 298 g/mol. The number of hydrogen-bond acceptors (Lipinski definition) is 5. The highest BCUT2D eigenvalue weighted by atomic mass is 16.5. The number of benzene rings is 1. The van der Waals surface area contributed by atoms with Crippen molar-refractivity contribution in [1.82, 2.24) is 14.8 Å². The molecule has 2 N–H and O–H groups in total. The number of amides is 2. The van der Waals surface area contributed by atoms with Crippen molar-refractivity contribution in [3.05, 3.63) is 30.6 Å². The molecule has 0 unspecified atom stereocenters. The van der Waals surface area contributed by atoms with Gasteiger partial charge in [0.15, 0.2) is 0 Å². The van der Waals surface area contributed by atoms with Crippen LogP contribution in [0.15, 0.2) is 30.6 Å². The summed E-state index contributed by atoms with van der Waals surface area (Å²) in [5.41, 5.74) is 0.594. The number of anilines is 2. The van der Waals surface area contributed by atoms with Crippen molar-refractivity contribution in [1.29, 1.82) is 0 Å². The molecular formula is C15H17N5O3. The minimum Gasteiger partial charge on any atom is -0.492 e. The summed E-state index contributed by atoms with van der Waals surface area (Å²) in [5, 5.41) is 9.44. The highest BCUT2D eigenvalue weighted by Crippen LogP contribution is 2.25. The third-order valence-electron chi connectivity index (χ3n) is 3.51. The van der Waals surface area contributed by atoms with Crippen LogP contribution in [0.4, 0.5) is 11.6 Å². The first-order valence-electron chi connectivity index (χ1n) is 7.37. The number of nitrogens with one attached hydrogen (secondary N) is 2. The van der Waals surface area contributed by atoms with Crippen molar-refractivity contribution >= 4 is 23.5 Å². The van der Waals surface area contributed by atoms with Crippen molar-refractivity contribution in [2.45, 2.75) is 19.9 Å². The van der Waals surface area contributed by atoms with E-state index in [9.17, 15) is 9.59 Å². The van der Waals surface area contributed by atoms with Gasteiger partial charge in [-0.2, -0.15) is 10.1 Å². The summed E-state index contributed by atoms with van der Waals surface area (Å²) in [5.74, 6) is 0.0615. The molecule has 1 atom stereocenters. The molecule has 1 aromatic heterocycles. The minimum absolute atomic E-state index is 0.0611. The minimum atomic E-state index is -0.483. The lowest BCUT2D eigenvalue weighted by Crippen LogP contribution is -2.36. The second-order valence-corrected chi connectivity index (χ2v) is 5.13. The van der Waals surface area contributed by atoms with Crippen LogP contribution >= 0.6 is 0 Å². The van der Waals surface area contributed by atoms with E-state index in [1.165, 1.54) is 6.33 Å². The summed E-state index contributed by atoms with van der Waals surface area (Å²) >= 11 is 0. The lowest BCUT2D eigenvalue weighted by molar-refractivity contribution is -0.126. The number of nitrogens with zero attached hydrogens (tertiary/aromatic N) is 3. The summed E-state index contributed by atoms with van der Waals surface area (Å²) in [4.78, 5) is 28.2. The second kappa shape index (κ2) is 6.47. The lowest BCUT2D eigenvalue weighted by Gasteiger charge is -2.22. The third-order valence-corrected chi connectivity index (χ3v) is 3.51. The van der Waals surface area contributed by atoms with E-state index >= 15 is 0 Å². The van der Waals surface area contributed by atoms with Gasteiger partial charge in [-0.1, -0.05) is 12.1 Å². The largest absolute Gasteiger partial charge is 0.492 e. The van der Waals surface area contributed by atoms with E-state index in [4.69, 9.17) is 4.74 Å². The van der Waals surface area contributed by atoms with Crippen molar-refractivity contribution in [3.63, 3.8) is 0 Å². The van der Waals surface area contributed by atoms with Gasteiger partial charge in [-0.05, 0) is 19.1 Å². The Balaban J connectivity index is 1.65. The van der Waals surface area contributed by atoms with Gasteiger partial charge in [0.25, 0.3) is 0 Å². The van der Waals surface area contributed by atoms with E-state index in [0.29, 0.717) is 30.5 Å². The molecule has 1 aliphatic rings. The summed E-state index contributed by atoms with van der Waals surface area (Å²) in [6, 6.07) is 7.20. The molecule has 8 heteroatoms. The predicted octanol–water partition coefficient (Wildman–Crippen LogP) is 1.27. The molecule has 1 aliphatic heterocycles. The van der Waals surface area contributed by atoms with Crippen LogP contribution in [-0.4, -0.2) is 33.2 Å². The highest BCUT2D eigenvalue weighted by Gasteiger charge is 2.29. The van der Waals surface area contributed by atoms with Crippen molar-refractivity contribution in [3.8, 4) is 5.75 Å². The molecule has 0 saturated heterocycles. The number of aromatic nitrogens is 3. The van der Waals surface area contributed by atoms with Crippen LogP contribution in [0.1, 0.15) is 13.3 Å². The van der Waals surface area contributed by atoms with Crippen LogP contribution in [0, 0.1) is 5.92 Å². The fraction of sp³-hybridized carbons (Fsp3) is 0.333. The maximum absolute atomic E-state index is 12.2. The molecule has 2 heterocycles. The number of carbonyl (C=O) groups is 2. The Kier molecular flexibility index (Phi) is 4.22. The van der Waals surface area contributed by atoms with Gasteiger partial charge in [0.2, 0.25) is 17.8 Å². The fourth-order valence-corrected chi connectivity index (χ4v) is 2.43. The first kappa shape index (κ1) is 15.0. The van der Waals surface area contributed by atoms with E-state index in [2.05, 4.69) is 20.7 Å². The van der Waals surface area contributed by atoms with E-state index in [-0.39, 0.29) is 18.2 Å². The number of carbonyl (C=O) groups excluding carboxylic acids is 2. The van der Waals surface area contributed by atoms with E-state index in [1.54, 1.807) is 16.8 Å². The lowest BCUT2D eigenvalue weighted by atomic mass is 10.0. The average molecular weight is 315 g/mol. The molecule has 2 amide bonds. The summed E-state index contributed by atoms with van der Waals surface area (Å²) in [7, 11) is 0. The van der Waals surface area contributed by atoms with Gasteiger partial charge in [0.1, 0.15) is 12.1 Å². The van der Waals surface area contributed by atoms with Crippen molar-refractivity contribution in [2.24, 2.45) is 5.92 Å². The number of rotatable bonds is 5. The van der Waals surface area contributed by atoms with Crippen LogP contribution in [-0.2, 0) is 16.1 Å². The molecule has 120 valence electrons.